The van der Waals surface area contributed by atoms with E-state index in [1.54, 1.807) is 12.4 Å². The maximum Gasteiger partial charge on any atom is 0.0487 e. The van der Waals surface area contributed by atoms with E-state index in [0.717, 1.165) is 0 Å². The zero-order valence-electron chi connectivity index (χ0n) is 6.14. The van der Waals surface area contributed by atoms with Gasteiger partial charge in [-0.05, 0) is 6.07 Å². The first-order valence-corrected chi connectivity index (χ1v) is 3.44. The van der Waals surface area contributed by atoms with Gasteiger partial charge in [-0.15, -0.1) is 0 Å². The number of aromatic nitrogens is 2. The van der Waals surface area contributed by atoms with Crippen LogP contribution >= 0.6 is 0 Å². The van der Waals surface area contributed by atoms with Crippen LogP contribution in [0.5, 0.6) is 0 Å². The lowest BCUT2D eigenvalue weighted by atomic mass is 10.4. The van der Waals surface area contributed by atoms with Crippen LogP contribution < -0.4 is 0 Å². The molecular weight excluding hydrogens is 136 g/mol. The number of benzene rings is 1. The van der Waals surface area contributed by atoms with Crippen LogP contribution in [0.4, 0.5) is 0 Å². The van der Waals surface area contributed by atoms with Crippen LogP contribution in [0.2, 0.25) is 0 Å². The van der Waals surface area contributed by atoms with Crippen molar-refractivity contribution in [2.24, 2.45) is 0 Å². The summed E-state index contributed by atoms with van der Waals surface area (Å²) in [6, 6.07) is 13.8. The molecule has 2 rings (SSSR count). The summed E-state index contributed by atoms with van der Waals surface area (Å²) in [5.41, 5.74) is 0. The second-order valence-electron chi connectivity index (χ2n) is 1.92. The first-order chi connectivity index (χ1) is 5.50. The average Bonchev–Trinajstić information content (AvgIpc) is 2.64. The molecule has 1 heterocycles. The maximum atomic E-state index is 3.60. The molecule has 1 aromatic heterocycles. The molecule has 2 heteroatoms. The highest BCUT2D eigenvalue weighted by molar-refractivity contribution is 4.99. The molecule has 0 unspecified atom stereocenters. The van der Waals surface area contributed by atoms with E-state index in [2.05, 4.69) is 10.2 Å². The molecule has 0 radical (unpaired) electrons. The lowest BCUT2D eigenvalue weighted by Gasteiger charge is -1.69. The van der Waals surface area contributed by atoms with Crippen molar-refractivity contribution in [3.05, 3.63) is 54.9 Å². The van der Waals surface area contributed by atoms with Crippen LogP contribution in [-0.2, 0) is 0 Å². The van der Waals surface area contributed by atoms with Crippen molar-refractivity contribution in [2.45, 2.75) is 0 Å². The Hall–Kier alpha value is -1.57. The first-order valence-electron chi connectivity index (χ1n) is 3.44. The molecule has 1 aromatic carbocycles. The van der Waals surface area contributed by atoms with Crippen molar-refractivity contribution in [2.75, 3.05) is 0 Å². The Balaban J connectivity index is 0.000000112. The van der Waals surface area contributed by atoms with E-state index in [-0.39, 0.29) is 0 Å². The fraction of sp³-hybridized carbons (Fsp3) is 0. The molecule has 0 amide bonds. The van der Waals surface area contributed by atoms with E-state index in [1.165, 1.54) is 0 Å². The molecule has 0 atom stereocenters. The van der Waals surface area contributed by atoms with Crippen molar-refractivity contribution < 1.29 is 0 Å². The van der Waals surface area contributed by atoms with Crippen LogP contribution in [0.3, 0.4) is 0 Å². The van der Waals surface area contributed by atoms with Crippen LogP contribution in [0.15, 0.2) is 54.9 Å². The Morgan fingerprint density at radius 2 is 1.27 bits per heavy atom. The molecule has 0 aliphatic heterocycles. The van der Waals surface area contributed by atoms with Gasteiger partial charge in [0.05, 0.1) is 0 Å². The normalized spacial score (nSPS) is 8.00. The predicted molar refractivity (Wildman–Crippen MR) is 45.0 cm³/mol. The molecule has 0 spiro atoms. The number of rotatable bonds is 0. The molecule has 56 valence electrons. The van der Waals surface area contributed by atoms with Gasteiger partial charge in [0.2, 0.25) is 0 Å². The standard InChI is InChI=1S/C6H6.C3H4N2/c1-2-4-6-5-3-1;1-2-4-5-3-1/h1-6H;1-3H,(H,4,5). The molecule has 0 aliphatic carbocycles. The SMILES string of the molecule is c1ccccc1.c1cn[nH]c1. The van der Waals surface area contributed by atoms with Crippen LogP contribution in [0.1, 0.15) is 0 Å². The van der Waals surface area contributed by atoms with Gasteiger partial charge >= 0.3 is 0 Å². The summed E-state index contributed by atoms with van der Waals surface area (Å²) >= 11 is 0. The fourth-order valence-corrected chi connectivity index (χ4v) is 0.600. The number of H-pyrrole nitrogens is 1. The van der Waals surface area contributed by atoms with E-state index in [1.807, 2.05) is 42.5 Å². The molecule has 2 nitrogen and oxygen atoms in total. The molecule has 0 bridgehead atoms. The number of hydrogen-bond donors (Lipinski definition) is 1. The van der Waals surface area contributed by atoms with Crippen LogP contribution in [0, 0.1) is 0 Å². The van der Waals surface area contributed by atoms with E-state index < -0.39 is 0 Å². The Morgan fingerprint density at radius 3 is 1.45 bits per heavy atom. The predicted octanol–water partition coefficient (Wildman–Crippen LogP) is 2.10. The third-order valence-electron chi connectivity index (χ3n) is 1.07. The molecule has 2 aromatic rings. The lowest BCUT2D eigenvalue weighted by molar-refractivity contribution is 1.09. The molecule has 0 fully saturated rings. The van der Waals surface area contributed by atoms with Crippen LogP contribution in [0.25, 0.3) is 0 Å². The van der Waals surface area contributed by atoms with Gasteiger partial charge < -0.3 is 0 Å². The number of nitrogens with zero attached hydrogens (tertiary/aromatic N) is 1. The number of aromatic amines is 1. The second kappa shape index (κ2) is 5.23. The summed E-state index contributed by atoms with van der Waals surface area (Å²) < 4.78 is 0. The highest BCUT2D eigenvalue weighted by atomic mass is 15.1. The van der Waals surface area contributed by atoms with Gasteiger partial charge in [0.1, 0.15) is 0 Å². The largest absolute Gasteiger partial charge is 0.286 e. The minimum absolute atomic E-state index is 1.69. The van der Waals surface area contributed by atoms with Gasteiger partial charge in [0.15, 0.2) is 0 Å². The lowest BCUT2D eigenvalue weighted by Crippen LogP contribution is -1.53. The molecule has 11 heavy (non-hydrogen) atoms. The van der Waals surface area contributed by atoms with E-state index in [9.17, 15) is 0 Å². The topological polar surface area (TPSA) is 28.7 Å². The number of nitrogens with one attached hydrogen (secondary N) is 1. The minimum atomic E-state index is 1.69. The molecule has 0 aliphatic rings. The monoisotopic (exact) mass is 146 g/mol. The fourth-order valence-electron chi connectivity index (χ4n) is 0.600. The van der Waals surface area contributed by atoms with Gasteiger partial charge in [-0.25, -0.2) is 0 Å². The van der Waals surface area contributed by atoms with Gasteiger partial charge in [0.25, 0.3) is 0 Å². The summed E-state index contributed by atoms with van der Waals surface area (Å²) in [4.78, 5) is 0. The van der Waals surface area contributed by atoms with Crippen molar-refractivity contribution in [3.63, 3.8) is 0 Å². The third-order valence-corrected chi connectivity index (χ3v) is 1.07. The van der Waals surface area contributed by atoms with E-state index in [4.69, 9.17) is 0 Å². The van der Waals surface area contributed by atoms with Gasteiger partial charge in [0, 0.05) is 12.4 Å². The molecule has 0 saturated carbocycles. The third kappa shape index (κ3) is 3.92. The Kier molecular flexibility index (Phi) is 3.59. The van der Waals surface area contributed by atoms with E-state index in [0.29, 0.717) is 0 Å². The minimum Gasteiger partial charge on any atom is -0.286 e. The molecule has 1 N–H and O–H groups in total. The first kappa shape index (κ1) is 7.54. The smallest absolute Gasteiger partial charge is 0.0487 e. The van der Waals surface area contributed by atoms with Crippen molar-refractivity contribution in [1.29, 1.82) is 0 Å². The summed E-state index contributed by atoms with van der Waals surface area (Å²) in [5, 5.41) is 6.21. The van der Waals surface area contributed by atoms with Crippen LogP contribution in [-0.4, -0.2) is 10.2 Å². The second-order valence-corrected chi connectivity index (χ2v) is 1.92. The van der Waals surface area contributed by atoms with Crippen molar-refractivity contribution in [3.8, 4) is 0 Å². The summed E-state index contributed by atoms with van der Waals surface area (Å²) in [7, 11) is 0. The Bertz CT molecular complexity index is 193. The zero-order valence-corrected chi connectivity index (χ0v) is 6.14. The zero-order chi connectivity index (χ0) is 7.78. The van der Waals surface area contributed by atoms with Gasteiger partial charge in [-0.1, -0.05) is 36.4 Å². The molecule has 0 saturated heterocycles. The van der Waals surface area contributed by atoms with E-state index >= 15 is 0 Å². The number of hydrogen-bond acceptors (Lipinski definition) is 1. The molecular formula is C9H10N2. The van der Waals surface area contributed by atoms with Gasteiger partial charge in [-0.2, -0.15) is 5.10 Å². The van der Waals surface area contributed by atoms with Crippen molar-refractivity contribution in [1.82, 2.24) is 10.2 Å². The Labute approximate surface area is 65.9 Å². The van der Waals surface area contributed by atoms with Gasteiger partial charge in [-0.3, -0.25) is 5.10 Å². The summed E-state index contributed by atoms with van der Waals surface area (Å²) in [6.07, 6.45) is 3.46. The quantitative estimate of drug-likeness (QED) is 0.605. The average molecular weight is 146 g/mol. The Morgan fingerprint density at radius 1 is 0.727 bits per heavy atom. The maximum absolute atomic E-state index is 3.60. The van der Waals surface area contributed by atoms with Crippen molar-refractivity contribution >= 4 is 0 Å². The highest BCUT2D eigenvalue weighted by Crippen LogP contribution is 1.79. The summed E-state index contributed by atoms with van der Waals surface area (Å²) in [5.74, 6) is 0. The summed E-state index contributed by atoms with van der Waals surface area (Å²) in [6.45, 7) is 0. The highest BCUT2D eigenvalue weighted by Gasteiger charge is 1.58.